The number of rotatable bonds is 6. The minimum Gasteiger partial charge on any atom is -0.481 e. The van der Waals surface area contributed by atoms with Crippen LogP contribution < -0.4 is 5.32 Å². The lowest BCUT2D eigenvalue weighted by molar-refractivity contribution is -0.154. The van der Waals surface area contributed by atoms with E-state index in [2.05, 4.69) is 10.4 Å². The first-order chi connectivity index (χ1) is 13.0. The van der Waals surface area contributed by atoms with Gasteiger partial charge in [-0.15, -0.1) is 0 Å². The van der Waals surface area contributed by atoms with Gasteiger partial charge in [-0.2, -0.15) is 5.10 Å². The molecular formula is C19H22FN3O4. The Morgan fingerprint density at radius 2 is 1.96 bits per heavy atom. The molecule has 27 heavy (non-hydrogen) atoms. The van der Waals surface area contributed by atoms with Crippen LogP contribution in [0.5, 0.6) is 0 Å². The molecule has 0 radical (unpaired) electrons. The molecule has 2 N–H and O–H groups in total. The maximum Gasteiger partial charge on any atom is 0.311 e. The number of carbonyl (C=O) groups is 2. The normalized spacial score (nSPS) is 16.1. The maximum atomic E-state index is 13.1. The number of carboxylic acids is 1. The summed E-state index contributed by atoms with van der Waals surface area (Å²) in [5, 5.41) is 16.6. The number of benzene rings is 1. The Hall–Kier alpha value is -2.74. The fraction of sp³-hybridized carbons (Fsp3) is 0.421. The van der Waals surface area contributed by atoms with Crippen LogP contribution in [0.25, 0.3) is 5.69 Å². The average Bonchev–Trinajstić information content (AvgIpc) is 3.11. The second-order valence-corrected chi connectivity index (χ2v) is 6.63. The Morgan fingerprint density at radius 3 is 2.56 bits per heavy atom. The number of ether oxygens (including phenoxy) is 1. The van der Waals surface area contributed by atoms with E-state index in [0.717, 1.165) is 0 Å². The van der Waals surface area contributed by atoms with Gasteiger partial charge in [0, 0.05) is 19.8 Å². The number of carbonyl (C=O) groups excluding carboxylic acids is 1. The predicted octanol–water partition coefficient (Wildman–Crippen LogP) is 2.18. The number of nitrogens with one attached hydrogen (secondary N) is 1. The number of nitrogens with zero attached hydrogens (tertiary/aromatic N) is 2. The van der Waals surface area contributed by atoms with Crippen LogP contribution in [-0.2, 0) is 16.0 Å². The first-order valence-electron chi connectivity index (χ1n) is 8.89. The molecule has 2 heterocycles. The molecule has 1 aromatic carbocycles. The van der Waals surface area contributed by atoms with Crippen LogP contribution in [0.1, 0.15) is 35.8 Å². The zero-order valence-electron chi connectivity index (χ0n) is 15.1. The fourth-order valence-electron chi connectivity index (χ4n) is 3.28. The number of amides is 1. The Morgan fingerprint density at radius 1 is 1.30 bits per heavy atom. The number of carboxylic acid groups (broad SMARTS) is 1. The lowest BCUT2D eigenvalue weighted by Gasteiger charge is -2.33. The topological polar surface area (TPSA) is 93.5 Å². The summed E-state index contributed by atoms with van der Waals surface area (Å²) in [7, 11) is 0. The van der Waals surface area contributed by atoms with E-state index in [0.29, 0.717) is 49.4 Å². The Bertz CT molecular complexity index is 826. The third kappa shape index (κ3) is 3.85. The lowest BCUT2D eigenvalue weighted by Crippen LogP contribution is -2.46. The first-order valence-corrected chi connectivity index (χ1v) is 8.89. The van der Waals surface area contributed by atoms with Crippen LogP contribution in [0.4, 0.5) is 4.39 Å². The van der Waals surface area contributed by atoms with Gasteiger partial charge in [0.1, 0.15) is 5.82 Å². The highest BCUT2D eigenvalue weighted by atomic mass is 19.1. The van der Waals surface area contributed by atoms with Crippen molar-refractivity contribution in [2.75, 3.05) is 19.8 Å². The largest absolute Gasteiger partial charge is 0.481 e. The monoisotopic (exact) mass is 375 g/mol. The quantitative estimate of drug-likeness (QED) is 0.807. The van der Waals surface area contributed by atoms with E-state index in [1.54, 1.807) is 16.8 Å². The standard InChI is InChI=1S/C19H22FN3O4/c1-2-16-15(11-22-23(16)14-5-3-13(20)4-6-14)17(24)21-12-19(18(25)26)7-9-27-10-8-19/h3-6,11H,2,7-10,12H2,1H3,(H,21,24)(H,25,26). The third-order valence-corrected chi connectivity index (χ3v) is 5.01. The van der Waals surface area contributed by atoms with Crippen LogP contribution in [0, 0.1) is 11.2 Å². The number of halogens is 1. The molecule has 144 valence electrons. The summed E-state index contributed by atoms with van der Waals surface area (Å²) in [5.41, 5.74) is 0.705. The van der Waals surface area contributed by atoms with Crippen molar-refractivity contribution in [2.24, 2.45) is 5.41 Å². The van der Waals surface area contributed by atoms with Crippen molar-refractivity contribution in [3.63, 3.8) is 0 Å². The molecule has 0 unspecified atom stereocenters. The van der Waals surface area contributed by atoms with Gasteiger partial charge in [-0.1, -0.05) is 6.92 Å². The van der Waals surface area contributed by atoms with Crippen molar-refractivity contribution >= 4 is 11.9 Å². The first kappa shape index (κ1) is 19.0. The summed E-state index contributed by atoms with van der Waals surface area (Å²) in [6.45, 7) is 2.66. The van der Waals surface area contributed by atoms with Gasteiger partial charge in [0.2, 0.25) is 0 Å². The molecule has 1 fully saturated rings. The molecule has 0 saturated carbocycles. The van der Waals surface area contributed by atoms with Gasteiger partial charge in [0.15, 0.2) is 0 Å². The van der Waals surface area contributed by atoms with Gasteiger partial charge < -0.3 is 15.2 Å². The minimum atomic E-state index is -1.01. The molecule has 2 aromatic rings. The third-order valence-electron chi connectivity index (χ3n) is 5.01. The Kier molecular flexibility index (Phi) is 5.55. The van der Waals surface area contributed by atoms with Crippen LogP contribution in [0.15, 0.2) is 30.5 Å². The molecular weight excluding hydrogens is 353 g/mol. The molecule has 1 saturated heterocycles. The van der Waals surface area contributed by atoms with Crippen LogP contribution in [0.2, 0.25) is 0 Å². The van der Waals surface area contributed by atoms with Crippen molar-refractivity contribution < 1.29 is 23.8 Å². The molecule has 1 aliphatic heterocycles. The molecule has 0 atom stereocenters. The molecule has 8 heteroatoms. The molecule has 1 aliphatic rings. The summed E-state index contributed by atoms with van der Waals surface area (Å²) >= 11 is 0. The van der Waals surface area contributed by atoms with E-state index < -0.39 is 11.4 Å². The van der Waals surface area contributed by atoms with Gasteiger partial charge in [-0.3, -0.25) is 9.59 Å². The van der Waals surface area contributed by atoms with Crippen molar-refractivity contribution in [1.29, 1.82) is 0 Å². The van der Waals surface area contributed by atoms with Crippen LogP contribution in [0.3, 0.4) is 0 Å². The smallest absolute Gasteiger partial charge is 0.311 e. The maximum absolute atomic E-state index is 13.1. The Labute approximate surface area is 156 Å². The number of hydrogen-bond acceptors (Lipinski definition) is 4. The van der Waals surface area contributed by atoms with Gasteiger partial charge in [-0.05, 0) is 43.5 Å². The average molecular weight is 375 g/mol. The second kappa shape index (κ2) is 7.87. The van der Waals surface area contributed by atoms with Crippen molar-refractivity contribution in [1.82, 2.24) is 15.1 Å². The molecule has 0 aliphatic carbocycles. The van der Waals surface area contributed by atoms with Gasteiger partial charge in [-0.25, -0.2) is 9.07 Å². The summed E-state index contributed by atoms with van der Waals surface area (Å²) in [5.74, 6) is -1.64. The predicted molar refractivity (Wildman–Crippen MR) is 95.4 cm³/mol. The van der Waals surface area contributed by atoms with E-state index in [9.17, 15) is 19.1 Å². The summed E-state index contributed by atoms with van der Waals surface area (Å²) in [6.07, 6.45) is 2.71. The molecule has 0 spiro atoms. The zero-order valence-corrected chi connectivity index (χ0v) is 15.1. The summed E-state index contributed by atoms with van der Waals surface area (Å²) < 4.78 is 20.0. The van der Waals surface area contributed by atoms with Crippen molar-refractivity contribution in [2.45, 2.75) is 26.2 Å². The SMILES string of the molecule is CCc1c(C(=O)NCC2(C(=O)O)CCOCC2)cnn1-c1ccc(F)cc1. The second-order valence-electron chi connectivity index (χ2n) is 6.63. The van der Waals surface area contributed by atoms with E-state index in [1.807, 2.05) is 6.92 Å². The van der Waals surface area contributed by atoms with E-state index >= 15 is 0 Å². The summed E-state index contributed by atoms with van der Waals surface area (Å²) in [4.78, 5) is 24.4. The van der Waals surface area contributed by atoms with Crippen molar-refractivity contribution in [3.05, 3.63) is 47.5 Å². The van der Waals surface area contributed by atoms with Gasteiger partial charge in [0.25, 0.3) is 5.91 Å². The number of aromatic nitrogens is 2. The lowest BCUT2D eigenvalue weighted by atomic mass is 9.80. The van der Waals surface area contributed by atoms with E-state index in [1.165, 1.54) is 18.3 Å². The number of aliphatic carboxylic acids is 1. The minimum absolute atomic E-state index is 0.0371. The highest BCUT2D eigenvalue weighted by Crippen LogP contribution is 2.30. The molecule has 1 amide bonds. The highest BCUT2D eigenvalue weighted by molar-refractivity contribution is 5.95. The molecule has 3 rings (SSSR count). The number of hydrogen-bond donors (Lipinski definition) is 2. The van der Waals surface area contributed by atoms with E-state index in [4.69, 9.17) is 4.74 Å². The Balaban J connectivity index is 1.79. The zero-order chi connectivity index (χ0) is 19.4. The highest BCUT2D eigenvalue weighted by Gasteiger charge is 2.40. The van der Waals surface area contributed by atoms with Crippen molar-refractivity contribution in [3.8, 4) is 5.69 Å². The van der Waals surface area contributed by atoms with Gasteiger partial charge >= 0.3 is 5.97 Å². The molecule has 1 aromatic heterocycles. The summed E-state index contributed by atoms with van der Waals surface area (Å²) in [6, 6.07) is 5.84. The molecule has 7 nitrogen and oxygen atoms in total. The van der Waals surface area contributed by atoms with Crippen LogP contribution in [-0.4, -0.2) is 46.5 Å². The van der Waals surface area contributed by atoms with E-state index in [-0.39, 0.29) is 18.3 Å². The fourth-order valence-corrected chi connectivity index (χ4v) is 3.28. The van der Waals surface area contributed by atoms with Gasteiger partial charge in [0.05, 0.1) is 28.6 Å². The molecule has 0 bridgehead atoms. The van der Waals surface area contributed by atoms with Crippen LogP contribution >= 0.6 is 0 Å².